The number of hydrogen-bond donors (Lipinski definition) is 1. The fraction of sp³-hybridized carbons (Fsp3) is 0.444. The molecular weight excluding hydrogens is 342 g/mol. The molecule has 0 fully saturated rings. The van der Waals surface area contributed by atoms with Crippen LogP contribution in [0, 0.1) is 5.92 Å². The van der Waals surface area contributed by atoms with Crippen LogP contribution in [0.25, 0.3) is 0 Å². The van der Waals surface area contributed by atoms with E-state index >= 15 is 0 Å². The number of nitrogens with zero attached hydrogens (tertiary/aromatic N) is 2. The molecule has 1 amide bonds. The predicted molar refractivity (Wildman–Crippen MR) is 94.9 cm³/mol. The highest BCUT2D eigenvalue weighted by molar-refractivity contribution is 6.30. The summed E-state index contributed by atoms with van der Waals surface area (Å²) in [5.74, 6) is 0.944. The van der Waals surface area contributed by atoms with Gasteiger partial charge in [-0.1, -0.05) is 25.4 Å². The van der Waals surface area contributed by atoms with E-state index in [1.165, 1.54) is 0 Å². The molecule has 0 saturated heterocycles. The lowest BCUT2D eigenvalue weighted by Crippen LogP contribution is -2.43. The minimum atomic E-state index is -0.327. The third-order valence-electron chi connectivity index (χ3n) is 4.23. The van der Waals surface area contributed by atoms with Gasteiger partial charge in [-0.3, -0.25) is 4.90 Å². The normalized spacial score (nSPS) is 16.6. The Bertz CT molecular complexity index is 715. The first-order chi connectivity index (χ1) is 12.1. The number of nitrogens with one attached hydrogen (secondary N) is 1. The summed E-state index contributed by atoms with van der Waals surface area (Å²) in [6.45, 7) is 5.27. The molecule has 3 rings (SSSR count). The Balaban J connectivity index is 1.53. The van der Waals surface area contributed by atoms with E-state index in [4.69, 9.17) is 21.1 Å². The SMILES string of the molecule is CC(C)C1c2nc[nH]c2CCN1C(=O)OCCOc1ccc(Cl)cc1. The minimum absolute atomic E-state index is 0.0697. The highest BCUT2D eigenvalue weighted by Crippen LogP contribution is 2.33. The van der Waals surface area contributed by atoms with Gasteiger partial charge in [0.2, 0.25) is 0 Å². The number of ether oxygens (including phenoxy) is 2. The van der Waals surface area contributed by atoms with E-state index in [1.807, 2.05) is 0 Å². The van der Waals surface area contributed by atoms with Crippen LogP contribution in [0.4, 0.5) is 4.79 Å². The maximum atomic E-state index is 12.5. The molecule has 25 heavy (non-hydrogen) atoms. The Hall–Kier alpha value is -2.21. The Labute approximate surface area is 152 Å². The first-order valence-electron chi connectivity index (χ1n) is 8.40. The molecule has 0 aliphatic carbocycles. The molecule has 1 aliphatic heterocycles. The highest BCUT2D eigenvalue weighted by Gasteiger charge is 2.35. The van der Waals surface area contributed by atoms with Crippen LogP contribution in [0.2, 0.25) is 5.02 Å². The van der Waals surface area contributed by atoms with Crippen LogP contribution in [0.1, 0.15) is 31.3 Å². The van der Waals surface area contributed by atoms with Gasteiger partial charge in [-0.15, -0.1) is 0 Å². The van der Waals surface area contributed by atoms with Crippen molar-refractivity contribution < 1.29 is 14.3 Å². The maximum Gasteiger partial charge on any atom is 0.410 e. The first kappa shape index (κ1) is 17.6. The second-order valence-corrected chi connectivity index (χ2v) is 6.75. The zero-order valence-electron chi connectivity index (χ0n) is 14.4. The van der Waals surface area contributed by atoms with Crippen molar-refractivity contribution in [3.8, 4) is 5.75 Å². The van der Waals surface area contributed by atoms with E-state index in [1.54, 1.807) is 35.5 Å². The summed E-state index contributed by atoms with van der Waals surface area (Å²) in [7, 11) is 0. The molecule has 1 aromatic carbocycles. The van der Waals surface area contributed by atoms with Crippen molar-refractivity contribution in [3.05, 3.63) is 47.0 Å². The Kier molecular flexibility index (Phi) is 5.48. The van der Waals surface area contributed by atoms with Crippen LogP contribution >= 0.6 is 11.6 Å². The number of amides is 1. The summed E-state index contributed by atoms with van der Waals surface area (Å²) < 4.78 is 10.9. The van der Waals surface area contributed by atoms with Crippen molar-refractivity contribution in [2.75, 3.05) is 19.8 Å². The molecule has 7 heteroatoms. The third-order valence-corrected chi connectivity index (χ3v) is 4.48. The monoisotopic (exact) mass is 363 g/mol. The molecule has 1 N–H and O–H groups in total. The van der Waals surface area contributed by atoms with Gasteiger partial charge in [0, 0.05) is 23.7 Å². The molecule has 1 atom stereocenters. The number of carbonyl (C=O) groups is 1. The summed E-state index contributed by atoms with van der Waals surface area (Å²) in [4.78, 5) is 21.8. The van der Waals surface area contributed by atoms with Gasteiger partial charge in [-0.05, 0) is 30.2 Å². The molecule has 0 saturated carbocycles. The number of benzene rings is 1. The number of aromatic amines is 1. The van der Waals surface area contributed by atoms with E-state index in [2.05, 4.69) is 23.8 Å². The quantitative estimate of drug-likeness (QED) is 0.820. The van der Waals surface area contributed by atoms with Gasteiger partial charge in [-0.25, -0.2) is 9.78 Å². The fourth-order valence-electron chi connectivity index (χ4n) is 3.09. The molecule has 2 heterocycles. The second kappa shape index (κ2) is 7.78. The largest absolute Gasteiger partial charge is 0.490 e. The Morgan fingerprint density at radius 2 is 2.12 bits per heavy atom. The van der Waals surface area contributed by atoms with Crippen LogP contribution in [0.5, 0.6) is 5.75 Å². The van der Waals surface area contributed by atoms with Gasteiger partial charge in [0.05, 0.1) is 18.1 Å². The molecule has 134 valence electrons. The number of aromatic nitrogens is 2. The fourth-order valence-corrected chi connectivity index (χ4v) is 3.21. The summed E-state index contributed by atoms with van der Waals surface area (Å²) in [6.07, 6.45) is 2.12. The Morgan fingerprint density at radius 1 is 1.36 bits per heavy atom. The summed E-state index contributed by atoms with van der Waals surface area (Å²) in [5, 5.41) is 0.654. The van der Waals surface area contributed by atoms with Gasteiger partial charge in [0.1, 0.15) is 19.0 Å². The van der Waals surface area contributed by atoms with E-state index in [9.17, 15) is 4.79 Å². The van der Waals surface area contributed by atoms with Gasteiger partial charge in [0.25, 0.3) is 0 Å². The molecule has 1 aliphatic rings. The zero-order valence-corrected chi connectivity index (χ0v) is 15.1. The average Bonchev–Trinajstić information content (AvgIpc) is 3.07. The van der Waals surface area contributed by atoms with Crippen LogP contribution in [-0.4, -0.2) is 40.7 Å². The lowest BCUT2D eigenvalue weighted by atomic mass is 9.94. The van der Waals surface area contributed by atoms with E-state index in [0.29, 0.717) is 23.9 Å². The number of rotatable bonds is 5. The van der Waals surface area contributed by atoms with Crippen molar-refractivity contribution in [1.82, 2.24) is 14.9 Å². The van der Waals surface area contributed by atoms with Gasteiger partial charge >= 0.3 is 6.09 Å². The van der Waals surface area contributed by atoms with E-state index in [-0.39, 0.29) is 24.7 Å². The number of carbonyl (C=O) groups excluding carboxylic acids is 1. The number of hydrogen-bond acceptors (Lipinski definition) is 4. The number of H-pyrrole nitrogens is 1. The van der Waals surface area contributed by atoms with Crippen molar-refractivity contribution in [1.29, 1.82) is 0 Å². The second-order valence-electron chi connectivity index (χ2n) is 6.32. The standard InChI is InChI=1S/C18H22ClN3O3/c1-12(2)17-16-15(20-11-21-16)7-8-22(17)18(23)25-10-9-24-14-5-3-13(19)4-6-14/h3-6,11-12,17H,7-10H2,1-2H3,(H,20,21). The summed E-state index contributed by atoms with van der Waals surface area (Å²) >= 11 is 5.83. The third kappa shape index (κ3) is 4.07. The zero-order chi connectivity index (χ0) is 17.8. The molecule has 0 radical (unpaired) electrons. The molecular formula is C18H22ClN3O3. The number of imidazole rings is 1. The predicted octanol–water partition coefficient (Wildman–Crippen LogP) is 3.83. The van der Waals surface area contributed by atoms with Crippen molar-refractivity contribution in [2.45, 2.75) is 26.3 Å². The van der Waals surface area contributed by atoms with Crippen LogP contribution in [0.3, 0.4) is 0 Å². The molecule has 1 unspecified atom stereocenters. The lowest BCUT2D eigenvalue weighted by Gasteiger charge is -2.36. The van der Waals surface area contributed by atoms with E-state index < -0.39 is 0 Å². The average molecular weight is 364 g/mol. The molecule has 1 aromatic heterocycles. The number of fused-ring (bicyclic) bond motifs is 1. The maximum absolute atomic E-state index is 12.5. The minimum Gasteiger partial charge on any atom is -0.490 e. The van der Waals surface area contributed by atoms with Crippen LogP contribution in [-0.2, 0) is 11.2 Å². The van der Waals surface area contributed by atoms with Gasteiger partial charge in [0.15, 0.2) is 0 Å². The van der Waals surface area contributed by atoms with E-state index in [0.717, 1.165) is 17.8 Å². The van der Waals surface area contributed by atoms with Crippen molar-refractivity contribution >= 4 is 17.7 Å². The highest BCUT2D eigenvalue weighted by atomic mass is 35.5. The molecule has 0 bridgehead atoms. The molecule has 6 nitrogen and oxygen atoms in total. The van der Waals surface area contributed by atoms with Gasteiger partial charge in [-0.2, -0.15) is 0 Å². The summed E-state index contributed by atoms with van der Waals surface area (Å²) in [6, 6.07) is 7.00. The first-order valence-corrected chi connectivity index (χ1v) is 8.78. The molecule has 0 spiro atoms. The molecule has 2 aromatic rings. The van der Waals surface area contributed by atoms with Crippen molar-refractivity contribution in [3.63, 3.8) is 0 Å². The van der Waals surface area contributed by atoms with Crippen LogP contribution in [0.15, 0.2) is 30.6 Å². The summed E-state index contributed by atoms with van der Waals surface area (Å²) in [5.41, 5.74) is 2.05. The smallest absolute Gasteiger partial charge is 0.410 e. The number of halogens is 1. The topological polar surface area (TPSA) is 67.5 Å². The lowest BCUT2D eigenvalue weighted by molar-refractivity contribution is 0.0608. The Morgan fingerprint density at radius 3 is 2.84 bits per heavy atom. The van der Waals surface area contributed by atoms with Gasteiger partial charge < -0.3 is 14.5 Å². The van der Waals surface area contributed by atoms with Crippen LogP contribution < -0.4 is 4.74 Å². The van der Waals surface area contributed by atoms with Crippen molar-refractivity contribution in [2.24, 2.45) is 5.92 Å².